The second kappa shape index (κ2) is 26.9. The number of aromatic nitrogens is 12. The van der Waals surface area contributed by atoms with E-state index in [1.165, 1.54) is 17.3 Å². The van der Waals surface area contributed by atoms with Crippen LogP contribution in [0.5, 0.6) is 0 Å². The molecular formula is C47H45ClK2N14O5. The van der Waals surface area contributed by atoms with E-state index in [2.05, 4.69) is 89.9 Å². The van der Waals surface area contributed by atoms with E-state index in [0.717, 1.165) is 22.3 Å². The Hall–Kier alpha value is -4.89. The molecule has 8 aromatic rings. The van der Waals surface area contributed by atoms with Crippen LogP contribution in [0.4, 0.5) is 11.6 Å². The van der Waals surface area contributed by atoms with E-state index in [1.807, 2.05) is 48.5 Å². The number of hydrogen-bond donors (Lipinski definition) is 1. The number of benzene rings is 2. The van der Waals surface area contributed by atoms with E-state index in [4.69, 9.17) is 31.6 Å². The van der Waals surface area contributed by atoms with Crippen LogP contribution in [0.15, 0.2) is 123 Å². The average Bonchev–Trinajstić information content (AvgIpc) is 4.21. The minimum absolute atomic E-state index is 0. The molecule has 0 atom stereocenters. The summed E-state index contributed by atoms with van der Waals surface area (Å²) in [6.45, 7) is 9.00. The summed E-state index contributed by atoms with van der Waals surface area (Å²) < 4.78 is 1.64. The molecule has 0 spiro atoms. The van der Waals surface area contributed by atoms with E-state index >= 15 is 0 Å². The van der Waals surface area contributed by atoms with E-state index in [9.17, 15) is 9.59 Å². The van der Waals surface area contributed by atoms with Crippen LogP contribution >= 0.6 is 11.6 Å². The monoisotopic (exact) mass is 998 g/mol. The number of nitrogens with one attached hydrogen (secondary N) is 1. The molecule has 69 heavy (non-hydrogen) atoms. The van der Waals surface area contributed by atoms with Gasteiger partial charge in [0.05, 0.1) is 62.1 Å². The first-order chi connectivity index (χ1) is 32.5. The molecule has 1 N–H and O–H groups in total. The molecule has 6 aromatic heterocycles. The fourth-order valence-electron chi connectivity index (χ4n) is 7.17. The fraction of sp³-hybridized carbons (Fsp3) is 0.213. The molecular weight excluding hydrogens is 954 g/mol. The van der Waals surface area contributed by atoms with Crippen molar-refractivity contribution in [3.8, 4) is 28.6 Å². The van der Waals surface area contributed by atoms with Crippen molar-refractivity contribution in [3.63, 3.8) is 0 Å². The molecule has 19 nitrogen and oxygen atoms in total. The van der Waals surface area contributed by atoms with Gasteiger partial charge in [-0.1, -0.05) is 87.8 Å². The zero-order chi connectivity index (χ0) is 47.3. The third kappa shape index (κ3) is 14.4. The average molecular weight is 1000 g/mol. The number of halogens is 1. The molecule has 22 heteroatoms. The Bertz CT molecular complexity index is 2900. The van der Waals surface area contributed by atoms with Crippen molar-refractivity contribution in [1.82, 2.24) is 59.8 Å². The molecule has 8 heterocycles. The Kier molecular flexibility index (Phi) is 21.5. The molecule has 342 valence electrons. The maximum atomic E-state index is 12.7. The van der Waals surface area contributed by atoms with Crippen molar-refractivity contribution in [3.05, 3.63) is 161 Å². The number of anilines is 2. The zero-order valence-corrected chi connectivity index (χ0v) is 45.8. The summed E-state index contributed by atoms with van der Waals surface area (Å²) in [5.41, 5.74) is 7.33. The van der Waals surface area contributed by atoms with Gasteiger partial charge in [-0.3, -0.25) is 39.3 Å². The summed E-state index contributed by atoms with van der Waals surface area (Å²) in [5.74, 6) is 3.81. The third-order valence-electron chi connectivity index (χ3n) is 10.3. The first-order valence-corrected chi connectivity index (χ1v) is 21.4. The molecule has 0 radical (unpaired) electrons. The standard InChI is InChI=1S/C23H21N7O.C20H18ClN5O.C3H4N2.CH2O3.2K.H/c1-15(2)18-6-3-4-7-19(18)22-26-11-16-10-21(31)29(23(16)28-22)14-17-12-25-20(13-24-17)30-9-5-8-27-30;1-12(2)15-5-3-4-6-16(15)19-24-8-13-7-18(27)26(20(13)25-19)11-14-9-23-17(21)10-22-14;1-2-4-5-3-1;2-1-4-3;;;/h3-9,11-13,15H,10,14H2,1-2H3;3-6,8-10,12H,7,11H2,1-2H3;1-3H,(H,4,5);1,3H;;;/q;;;;2*+1;-1/p-1. The zero-order valence-electron chi connectivity index (χ0n) is 39.8. The molecule has 0 unspecified atom stereocenters. The summed E-state index contributed by atoms with van der Waals surface area (Å²) in [4.78, 5) is 75.5. The van der Waals surface area contributed by atoms with Crippen LogP contribution in [0.3, 0.4) is 0 Å². The van der Waals surface area contributed by atoms with Crippen LogP contribution in [-0.4, -0.2) is 78.1 Å². The third-order valence-corrected chi connectivity index (χ3v) is 10.5. The molecule has 2 amide bonds. The fourth-order valence-corrected chi connectivity index (χ4v) is 7.27. The Morgan fingerprint density at radius 1 is 0.696 bits per heavy atom. The molecule has 2 aliphatic rings. The van der Waals surface area contributed by atoms with Crippen molar-refractivity contribution in [2.45, 2.75) is 65.5 Å². The number of carbonyl (C=O) groups is 3. The van der Waals surface area contributed by atoms with Gasteiger partial charge < -0.3 is 11.6 Å². The number of amides is 2. The molecule has 10 rings (SSSR count). The maximum absolute atomic E-state index is 12.7. The summed E-state index contributed by atoms with van der Waals surface area (Å²) in [7, 11) is 0. The van der Waals surface area contributed by atoms with Gasteiger partial charge in [-0.15, -0.1) is 0 Å². The Morgan fingerprint density at radius 2 is 1.22 bits per heavy atom. The Balaban J connectivity index is 0.000000251. The number of hydrogen-bond acceptors (Lipinski definition) is 15. The number of rotatable bonds is 10. The van der Waals surface area contributed by atoms with Crippen LogP contribution in [0.25, 0.3) is 28.6 Å². The number of aromatic amines is 1. The van der Waals surface area contributed by atoms with Gasteiger partial charge in [-0.25, -0.2) is 34.6 Å². The molecule has 0 saturated carbocycles. The topological polar surface area (TPSA) is 240 Å². The van der Waals surface area contributed by atoms with Crippen molar-refractivity contribution < 1.29 is 129 Å². The van der Waals surface area contributed by atoms with Gasteiger partial charge in [0, 0.05) is 59.4 Å². The van der Waals surface area contributed by atoms with Crippen LogP contribution in [-0.2, 0) is 45.2 Å². The van der Waals surface area contributed by atoms with E-state index in [0.29, 0.717) is 83.4 Å². The second-order valence-corrected chi connectivity index (χ2v) is 15.9. The predicted octanol–water partition coefficient (Wildman–Crippen LogP) is 0.0966. The smallest absolute Gasteiger partial charge is 1.00 e. The Morgan fingerprint density at radius 3 is 1.61 bits per heavy atom. The van der Waals surface area contributed by atoms with Crippen LogP contribution in [0.1, 0.15) is 74.6 Å². The molecule has 0 saturated heterocycles. The molecule has 0 fully saturated rings. The minimum atomic E-state index is -0.181. The maximum Gasteiger partial charge on any atom is 1.00 e. The SMILES string of the molecule is CC(C)c1ccccc1-c1ncc2c(n1)N(Cc1cnc(-n3cccn3)cn1)C(=O)C2.CC(C)c1ccccc1-c1ncc2c(n1)N(Cc1cnc(Cl)cn1)C(=O)C2.O=CO[O-].[H-].[K+].[K+].c1cn[nH]c1. The van der Waals surface area contributed by atoms with E-state index < -0.39 is 0 Å². The predicted molar refractivity (Wildman–Crippen MR) is 246 cm³/mol. The first kappa shape index (κ1) is 55.0. The van der Waals surface area contributed by atoms with Crippen LogP contribution < -0.4 is 118 Å². The summed E-state index contributed by atoms with van der Waals surface area (Å²) in [6, 6.07) is 19.9. The van der Waals surface area contributed by atoms with Gasteiger partial charge in [0.1, 0.15) is 16.8 Å². The van der Waals surface area contributed by atoms with Gasteiger partial charge in [-0.05, 0) is 35.1 Å². The van der Waals surface area contributed by atoms with Gasteiger partial charge >= 0.3 is 103 Å². The minimum Gasteiger partial charge on any atom is -1.00 e. The van der Waals surface area contributed by atoms with Gasteiger partial charge in [0.25, 0.3) is 6.47 Å². The van der Waals surface area contributed by atoms with Crippen molar-refractivity contribution in [2.24, 2.45) is 0 Å². The van der Waals surface area contributed by atoms with Crippen molar-refractivity contribution >= 4 is 41.5 Å². The molecule has 2 aromatic carbocycles. The van der Waals surface area contributed by atoms with Gasteiger partial charge in [-0.2, -0.15) is 10.2 Å². The quantitative estimate of drug-likeness (QED) is 0.0828. The Labute approximate surface area is 489 Å². The first-order valence-electron chi connectivity index (χ1n) is 21.0. The number of carbonyl (C=O) groups excluding carboxylic acids is 3. The van der Waals surface area contributed by atoms with Crippen LogP contribution in [0, 0.1) is 0 Å². The molecule has 2 aliphatic heterocycles. The number of fused-ring (bicyclic) bond motifs is 2. The van der Waals surface area contributed by atoms with Crippen LogP contribution in [0.2, 0.25) is 5.15 Å². The summed E-state index contributed by atoms with van der Waals surface area (Å²) >= 11 is 5.79. The second-order valence-electron chi connectivity index (χ2n) is 15.5. The molecule has 0 aliphatic carbocycles. The van der Waals surface area contributed by atoms with E-state index in [1.54, 1.807) is 70.3 Å². The van der Waals surface area contributed by atoms with Crippen molar-refractivity contribution in [1.29, 1.82) is 0 Å². The van der Waals surface area contributed by atoms with Crippen molar-refractivity contribution in [2.75, 3.05) is 9.80 Å². The normalized spacial score (nSPS) is 12.0. The summed E-state index contributed by atoms with van der Waals surface area (Å²) in [6.07, 6.45) is 17.4. The number of H-pyrrole nitrogens is 1. The van der Waals surface area contributed by atoms with E-state index in [-0.39, 0.29) is 122 Å². The van der Waals surface area contributed by atoms with Gasteiger partial charge in [0.15, 0.2) is 17.5 Å². The molecule has 0 bridgehead atoms. The largest absolute Gasteiger partial charge is 1.00 e. The number of nitrogens with zero attached hydrogens (tertiary/aromatic N) is 13. The van der Waals surface area contributed by atoms with Gasteiger partial charge in [0.2, 0.25) is 11.8 Å². The summed E-state index contributed by atoms with van der Waals surface area (Å²) in [5, 5.41) is 19.1.